The van der Waals surface area contributed by atoms with Crippen molar-refractivity contribution >= 4 is 29.1 Å². The van der Waals surface area contributed by atoms with Crippen molar-refractivity contribution in [1.82, 2.24) is 9.13 Å². The quantitative estimate of drug-likeness (QED) is 0.662. The molecule has 134 valence electrons. The Kier molecular flexibility index (Phi) is 5.61. The number of ether oxygens (including phenoxy) is 1. The molecule has 0 N–H and O–H groups in total. The summed E-state index contributed by atoms with van der Waals surface area (Å²) in [5.41, 5.74) is 0.999. The fourth-order valence-corrected chi connectivity index (χ4v) is 3.12. The molecule has 0 saturated carbocycles. The van der Waals surface area contributed by atoms with Gasteiger partial charge in [0.2, 0.25) is 0 Å². The average Bonchev–Trinajstić information content (AvgIpc) is 2.96. The summed E-state index contributed by atoms with van der Waals surface area (Å²) in [6.45, 7) is 0.692. The summed E-state index contributed by atoms with van der Waals surface area (Å²) in [6, 6.07) is 13.8. The predicted molar refractivity (Wildman–Crippen MR) is 102 cm³/mol. The third-order valence-corrected chi connectivity index (χ3v) is 4.47. The van der Waals surface area contributed by atoms with Crippen LogP contribution in [0.1, 0.15) is 10.4 Å². The lowest BCUT2D eigenvalue weighted by Gasteiger charge is -2.08. The van der Waals surface area contributed by atoms with Crippen LogP contribution >= 0.6 is 23.2 Å². The Morgan fingerprint density at radius 3 is 2.50 bits per heavy atom. The largest absolute Gasteiger partial charge is 0.383 e. The molecule has 3 rings (SSSR count). The average molecular weight is 391 g/mol. The van der Waals surface area contributed by atoms with Crippen molar-refractivity contribution in [2.24, 2.45) is 0 Å². The van der Waals surface area contributed by atoms with Gasteiger partial charge in [-0.25, -0.2) is 9.36 Å². The van der Waals surface area contributed by atoms with Gasteiger partial charge in [0, 0.05) is 23.9 Å². The number of hydrogen-bond donors (Lipinski definition) is 0. The van der Waals surface area contributed by atoms with Crippen LogP contribution in [0, 0.1) is 0 Å². The number of benzene rings is 2. The van der Waals surface area contributed by atoms with Crippen LogP contribution in [0.2, 0.25) is 10.0 Å². The molecule has 1 heterocycles. The number of methoxy groups -OCH3 is 1. The highest BCUT2D eigenvalue weighted by atomic mass is 35.5. The zero-order valence-electron chi connectivity index (χ0n) is 14.0. The number of carbonyl (C=O) groups excluding carboxylic acids is 1. The molecule has 1 aromatic heterocycles. The van der Waals surface area contributed by atoms with Crippen LogP contribution in [-0.4, -0.2) is 28.8 Å². The second-order valence-corrected chi connectivity index (χ2v) is 6.46. The van der Waals surface area contributed by atoms with Crippen LogP contribution in [0.15, 0.2) is 59.5 Å². The standard InChI is InChI=1S/C19H16Cl2N2O3/c1-26-10-9-22-12-17(13-5-3-2-4-6-13)23(19(22)25)18(24)15-8-7-14(20)11-16(15)21/h2-8,11-12H,9-10H2,1H3. The van der Waals surface area contributed by atoms with Gasteiger partial charge >= 0.3 is 5.69 Å². The van der Waals surface area contributed by atoms with E-state index < -0.39 is 11.6 Å². The summed E-state index contributed by atoms with van der Waals surface area (Å²) in [5, 5.41) is 0.609. The molecule has 5 nitrogen and oxygen atoms in total. The van der Waals surface area contributed by atoms with E-state index in [2.05, 4.69) is 0 Å². The maximum absolute atomic E-state index is 13.1. The lowest BCUT2D eigenvalue weighted by molar-refractivity contribution is 0.0956. The number of halogens is 2. The van der Waals surface area contributed by atoms with Gasteiger partial charge in [0.15, 0.2) is 0 Å². The molecule has 0 saturated heterocycles. The number of aromatic nitrogens is 2. The SMILES string of the molecule is COCCn1cc(-c2ccccc2)n(C(=O)c2ccc(Cl)cc2Cl)c1=O. The molecular formula is C19H16Cl2N2O3. The second kappa shape index (κ2) is 7.91. The minimum atomic E-state index is -0.508. The summed E-state index contributed by atoms with van der Waals surface area (Å²) in [5.74, 6) is -0.508. The van der Waals surface area contributed by atoms with Crippen LogP contribution in [-0.2, 0) is 11.3 Å². The minimum absolute atomic E-state index is 0.193. The molecule has 2 aromatic carbocycles. The topological polar surface area (TPSA) is 53.2 Å². The predicted octanol–water partition coefficient (Wildman–Crippen LogP) is 3.96. The van der Waals surface area contributed by atoms with Gasteiger partial charge in [-0.1, -0.05) is 53.5 Å². The lowest BCUT2D eigenvalue weighted by Crippen LogP contribution is -2.30. The zero-order valence-corrected chi connectivity index (χ0v) is 15.5. The van der Waals surface area contributed by atoms with Gasteiger partial charge in [-0.2, -0.15) is 0 Å². The smallest absolute Gasteiger partial charge is 0.335 e. The van der Waals surface area contributed by atoms with E-state index in [1.165, 1.54) is 16.7 Å². The van der Waals surface area contributed by atoms with Crippen LogP contribution in [0.25, 0.3) is 11.3 Å². The van der Waals surface area contributed by atoms with Gasteiger partial charge in [-0.15, -0.1) is 0 Å². The summed E-state index contributed by atoms with van der Waals surface area (Å²) < 4.78 is 7.62. The van der Waals surface area contributed by atoms with Gasteiger partial charge in [0.05, 0.1) is 29.4 Å². The highest BCUT2D eigenvalue weighted by molar-refractivity contribution is 6.36. The minimum Gasteiger partial charge on any atom is -0.383 e. The molecular weight excluding hydrogens is 375 g/mol. The molecule has 0 atom stereocenters. The first-order chi connectivity index (χ1) is 12.5. The van der Waals surface area contributed by atoms with E-state index in [1.54, 1.807) is 19.4 Å². The number of hydrogen-bond acceptors (Lipinski definition) is 3. The normalized spacial score (nSPS) is 10.9. The van der Waals surface area contributed by atoms with Crippen LogP contribution in [0.4, 0.5) is 0 Å². The summed E-state index contributed by atoms with van der Waals surface area (Å²) in [6.07, 6.45) is 1.65. The van der Waals surface area contributed by atoms with E-state index in [0.29, 0.717) is 23.9 Å². The fourth-order valence-electron chi connectivity index (χ4n) is 2.63. The summed E-state index contributed by atoms with van der Waals surface area (Å²) >= 11 is 12.1. The van der Waals surface area contributed by atoms with Crippen LogP contribution in [0.5, 0.6) is 0 Å². The van der Waals surface area contributed by atoms with Crippen molar-refractivity contribution in [2.45, 2.75) is 6.54 Å². The van der Waals surface area contributed by atoms with Crippen molar-refractivity contribution in [1.29, 1.82) is 0 Å². The first kappa shape index (κ1) is 18.5. The molecule has 0 unspecified atom stereocenters. The van der Waals surface area contributed by atoms with E-state index in [9.17, 15) is 9.59 Å². The number of nitrogens with zero attached hydrogens (tertiary/aromatic N) is 2. The van der Waals surface area contributed by atoms with Crippen LogP contribution < -0.4 is 5.69 Å². The molecule has 0 spiro atoms. The molecule has 26 heavy (non-hydrogen) atoms. The van der Waals surface area contributed by atoms with Crippen molar-refractivity contribution in [2.75, 3.05) is 13.7 Å². The third kappa shape index (κ3) is 3.60. The van der Waals surface area contributed by atoms with Gasteiger partial charge in [-0.3, -0.25) is 9.36 Å². The Morgan fingerprint density at radius 1 is 1.12 bits per heavy atom. The highest BCUT2D eigenvalue weighted by Crippen LogP contribution is 2.24. The maximum Gasteiger partial charge on any atom is 0.335 e. The number of carbonyl (C=O) groups is 1. The number of imidazole rings is 1. The van der Waals surface area contributed by atoms with Crippen molar-refractivity contribution < 1.29 is 9.53 Å². The molecule has 0 aliphatic carbocycles. The van der Waals surface area contributed by atoms with Gasteiger partial charge in [-0.05, 0) is 18.2 Å². The molecule has 0 bridgehead atoms. The van der Waals surface area contributed by atoms with E-state index in [0.717, 1.165) is 10.1 Å². The first-order valence-corrected chi connectivity index (χ1v) is 8.65. The molecule has 0 radical (unpaired) electrons. The van der Waals surface area contributed by atoms with Gasteiger partial charge in [0.1, 0.15) is 0 Å². The van der Waals surface area contributed by atoms with E-state index in [1.807, 2.05) is 30.3 Å². The maximum atomic E-state index is 13.1. The molecule has 0 aliphatic rings. The van der Waals surface area contributed by atoms with Crippen molar-refractivity contribution in [3.63, 3.8) is 0 Å². The highest BCUT2D eigenvalue weighted by Gasteiger charge is 2.22. The Balaban J connectivity index is 2.16. The summed E-state index contributed by atoms with van der Waals surface area (Å²) in [7, 11) is 1.55. The lowest BCUT2D eigenvalue weighted by atomic mass is 10.1. The first-order valence-electron chi connectivity index (χ1n) is 7.89. The Morgan fingerprint density at radius 2 is 1.85 bits per heavy atom. The molecule has 3 aromatic rings. The molecule has 7 heteroatoms. The zero-order chi connectivity index (χ0) is 18.7. The van der Waals surface area contributed by atoms with E-state index in [-0.39, 0.29) is 10.6 Å². The monoisotopic (exact) mass is 390 g/mol. The Labute approximate surface area is 160 Å². The Bertz CT molecular complexity index is 994. The molecule has 0 amide bonds. The van der Waals surface area contributed by atoms with E-state index in [4.69, 9.17) is 27.9 Å². The molecule has 0 aliphatic heterocycles. The van der Waals surface area contributed by atoms with Gasteiger partial charge in [0.25, 0.3) is 5.91 Å². The second-order valence-electron chi connectivity index (χ2n) is 5.61. The van der Waals surface area contributed by atoms with Crippen molar-refractivity contribution in [3.8, 4) is 11.3 Å². The van der Waals surface area contributed by atoms with Crippen molar-refractivity contribution in [3.05, 3.63) is 80.8 Å². The fraction of sp³-hybridized carbons (Fsp3) is 0.158. The van der Waals surface area contributed by atoms with E-state index >= 15 is 0 Å². The Hall–Kier alpha value is -2.34. The summed E-state index contributed by atoms with van der Waals surface area (Å²) in [4.78, 5) is 25.9. The number of rotatable bonds is 5. The molecule has 0 fully saturated rings. The van der Waals surface area contributed by atoms with Gasteiger partial charge < -0.3 is 4.74 Å². The van der Waals surface area contributed by atoms with Crippen LogP contribution in [0.3, 0.4) is 0 Å². The third-order valence-electron chi connectivity index (χ3n) is 3.93.